The molecule has 3 aromatic rings. The molecule has 0 spiro atoms. The van der Waals surface area contributed by atoms with E-state index in [2.05, 4.69) is 31.3 Å². The van der Waals surface area contributed by atoms with E-state index in [0.29, 0.717) is 16.9 Å². The van der Waals surface area contributed by atoms with E-state index >= 15 is 0 Å². The second kappa shape index (κ2) is 10.1. The van der Waals surface area contributed by atoms with Crippen LogP contribution in [0.1, 0.15) is 20.7 Å². The first-order valence-electron chi connectivity index (χ1n) is 10.2. The first-order chi connectivity index (χ1) is 16.8. The van der Waals surface area contributed by atoms with Gasteiger partial charge in [0.15, 0.2) is 0 Å². The van der Waals surface area contributed by atoms with Gasteiger partial charge in [-0.15, -0.1) is 0 Å². The van der Waals surface area contributed by atoms with Crippen LogP contribution in [-0.2, 0) is 14.3 Å². The van der Waals surface area contributed by atoms with Crippen molar-refractivity contribution in [1.82, 2.24) is 0 Å². The zero-order valence-electron chi connectivity index (χ0n) is 18.2. The monoisotopic (exact) mass is 553 g/mol. The van der Waals surface area contributed by atoms with E-state index in [1.807, 2.05) is 0 Å². The van der Waals surface area contributed by atoms with Gasteiger partial charge in [-0.1, -0.05) is 33.6 Å². The number of benzene rings is 3. The number of carbonyl (C=O) groups excluding carboxylic acids is 4. The number of hydrogen-bond donors (Lipinski definition) is 2. The average molecular weight is 555 g/mol. The van der Waals surface area contributed by atoms with Gasteiger partial charge in [-0.3, -0.25) is 14.4 Å². The standard InChI is InChI=1S/C25H17BrClN3O5/c1-35-25(34)14-5-11-19(12-6-14)30-23(32)20(27)21(24(30)33)28-18-4-2-3-15(13-18)22(31)29-17-9-7-16(26)8-10-17/h2-13,28H,1H3,(H,29,31). The topological polar surface area (TPSA) is 105 Å². The van der Waals surface area contributed by atoms with Crippen LogP contribution in [0.25, 0.3) is 0 Å². The number of halogens is 2. The third-order valence-electron chi connectivity index (χ3n) is 5.07. The van der Waals surface area contributed by atoms with Gasteiger partial charge in [0.2, 0.25) is 0 Å². The molecule has 4 rings (SSSR count). The number of nitrogens with zero attached hydrogens (tertiary/aromatic N) is 1. The first kappa shape index (κ1) is 24.2. The predicted molar refractivity (Wildman–Crippen MR) is 135 cm³/mol. The molecule has 1 heterocycles. The summed E-state index contributed by atoms with van der Waals surface area (Å²) < 4.78 is 5.54. The molecule has 3 amide bonds. The molecule has 0 unspecified atom stereocenters. The zero-order chi connectivity index (χ0) is 25.1. The maximum absolute atomic E-state index is 13.0. The van der Waals surface area contributed by atoms with Crippen LogP contribution in [0.4, 0.5) is 17.1 Å². The average Bonchev–Trinajstić information content (AvgIpc) is 3.08. The quantitative estimate of drug-likeness (QED) is 0.331. The number of imide groups is 1. The normalized spacial score (nSPS) is 13.2. The Labute approximate surface area is 213 Å². The van der Waals surface area contributed by atoms with Crippen molar-refractivity contribution in [2.75, 3.05) is 22.6 Å². The van der Waals surface area contributed by atoms with Crippen LogP contribution in [0.3, 0.4) is 0 Å². The number of esters is 1. The lowest BCUT2D eigenvalue weighted by Gasteiger charge is -2.15. The fraction of sp³-hybridized carbons (Fsp3) is 0.0400. The van der Waals surface area contributed by atoms with Gasteiger partial charge in [0.05, 0.1) is 18.4 Å². The Hall–Kier alpha value is -3.95. The molecule has 0 atom stereocenters. The number of ether oxygens (including phenoxy) is 1. The summed E-state index contributed by atoms with van der Waals surface area (Å²) in [5, 5.41) is 5.34. The molecule has 10 heteroatoms. The summed E-state index contributed by atoms with van der Waals surface area (Å²) in [6, 6.07) is 19.3. The van der Waals surface area contributed by atoms with Crippen molar-refractivity contribution in [2.24, 2.45) is 0 Å². The van der Waals surface area contributed by atoms with E-state index in [-0.39, 0.29) is 27.9 Å². The Kier molecular flexibility index (Phi) is 6.99. The van der Waals surface area contributed by atoms with E-state index in [1.54, 1.807) is 42.5 Å². The lowest BCUT2D eigenvalue weighted by atomic mass is 10.1. The number of carbonyl (C=O) groups is 4. The molecule has 2 N–H and O–H groups in total. The second-order valence-corrected chi connectivity index (χ2v) is 8.63. The summed E-state index contributed by atoms with van der Waals surface area (Å²) in [4.78, 5) is 50.9. The van der Waals surface area contributed by atoms with E-state index < -0.39 is 17.8 Å². The lowest BCUT2D eigenvalue weighted by molar-refractivity contribution is -0.120. The molecule has 1 aliphatic heterocycles. The molecule has 0 saturated carbocycles. The largest absolute Gasteiger partial charge is 0.465 e. The SMILES string of the molecule is COC(=O)c1ccc(N2C(=O)C(Cl)=C(Nc3cccc(C(=O)Nc4ccc(Br)cc4)c3)C2=O)cc1. The van der Waals surface area contributed by atoms with E-state index in [4.69, 9.17) is 11.6 Å². The lowest BCUT2D eigenvalue weighted by Crippen LogP contribution is -2.32. The summed E-state index contributed by atoms with van der Waals surface area (Å²) in [7, 11) is 1.25. The number of hydrogen-bond acceptors (Lipinski definition) is 6. The highest BCUT2D eigenvalue weighted by atomic mass is 79.9. The van der Waals surface area contributed by atoms with Crippen molar-refractivity contribution < 1.29 is 23.9 Å². The molecule has 0 aromatic heterocycles. The minimum atomic E-state index is -0.714. The van der Waals surface area contributed by atoms with Gasteiger partial charge in [-0.25, -0.2) is 9.69 Å². The van der Waals surface area contributed by atoms with Crippen LogP contribution < -0.4 is 15.5 Å². The van der Waals surface area contributed by atoms with Crippen molar-refractivity contribution in [2.45, 2.75) is 0 Å². The van der Waals surface area contributed by atoms with Crippen LogP contribution in [-0.4, -0.2) is 30.8 Å². The Morgan fingerprint density at radius 1 is 0.886 bits per heavy atom. The van der Waals surface area contributed by atoms with Crippen molar-refractivity contribution in [3.05, 3.63) is 99.1 Å². The van der Waals surface area contributed by atoms with Crippen molar-refractivity contribution in [1.29, 1.82) is 0 Å². The van der Waals surface area contributed by atoms with Crippen molar-refractivity contribution in [3.8, 4) is 0 Å². The maximum atomic E-state index is 13.0. The summed E-state index contributed by atoms with van der Waals surface area (Å²) in [5.41, 5.74) is 1.73. The number of anilines is 3. The third kappa shape index (κ3) is 5.11. The number of amides is 3. The Morgan fingerprint density at radius 3 is 2.23 bits per heavy atom. The van der Waals surface area contributed by atoms with Crippen molar-refractivity contribution in [3.63, 3.8) is 0 Å². The highest BCUT2D eigenvalue weighted by Gasteiger charge is 2.39. The summed E-state index contributed by atoms with van der Waals surface area (Å²) in [6.45, 7) is 0. The van der Waals surface area contributed by atoms with E-state index in [1.165, 1.54) is 37.4 Å². The molecule has 0 aliphatic carbocycles. The van der Waals surface area contributed by atoms with Gasteiger partial charge in [0, 0.05) is 21.4 Å². The van der Waals surface area contributed by atoms with E-state index in [9.17, 15) is 19.2 Å². The minimum absolute atomic E-state index is 0.126. The Morgan fingerprint density at radius 2 is 1.57 bits per heavy atom. The van der Waals surface area contributed by atoms with Crippen LogP contribution in [0, 0.1) is 0 Å². The molecule has 0 bridgehead atoms. The third-order valence-corrected chi connectivity index (χ3v) is 5.95. The summed E-state index contributed by atoms with van der Waals surface area (Å²) in [6.07, 6.45) is 0. The van der Waals surface area contributed by atoms with Gasteiger partial charge in [0.25, 0.3) is 17.7 Å². The Balaban J connectivity index is 1.51. The summed E-state index contributed by atoms with van der Waals surface area (Å²) >= 11 is 9.54. The van der Waals surface area contributed by atoms with Gasteiger partial charge in [0.1, 0.15) is 10.7 Å². The van der Waals surface area contributed by atoms with Gasteiger partial charge >= 0.3 is 5.97 Å². The molecule has 35 heavy (non-hydrogen) atoms. The van der Waals surface area contributed by atoms with Crippen LogP contribution in [0.5, 0.6) is 0 Å². The highest BCUT2D eigenvalue weighted by molar-refractivity contribution is 9.10. The molecular weight excluding hydrogens is 538 g/mol. The van der Waals surface area contributed by atoms with Gasteiger partial charge in [-0.2, -0.15) is 0 Å². The maximum Gasteiger partial charge on any atom is 0.337 e. The summed E-state index contributed by atoms with van der Waals surface area (Å²) in [5.74, 6) is -2.28. The van der Waals surface area contributed by atoms with Gasteiger partial charge < -0.3 is 15.4 Å². The molecule has 3 aromatic carbocycles. The van der Waals surface area contributed by atoms with Crippen LogP contribution >= 0.6 is 27.5 Å². The number of methoxy groups -OCH3 is 1. The molecule has 0 radical (unpaired) electrons. The minimum Gasteiger partial charge on any atom is -0.465 e. The van der Waals surface area contributed by atoms with E-state index in [0.717, 1.165) is 9.37 Å². The molecule has 176 valence electrons. The highest BCUT2D eigenvalue weighted by Crippen LogP contribution is 2.30. The van der Waals surface area contributed by atoms with Gasteiger partial charge in [-0.05, 0) is 66.7 Å². The smallest absolute Gasteiger partial charge is 0.337 e. The molecule has 0 saturated heterocycles. The molecule has 0 fully saturated rings. The molecular formula is C25H17BrClN3O5. The zero-order valence-corrected chi connectivity index (χ0v) is 20.5. The number of nitrogens with one attached hydrogen (secondary N) is 2. The van der Waals surface area contributed by atoms with Crippen LogP contribution in [0.15, 0.2) is 88.0 Å². The predicted octanol–water partition coefficient (Wildman–Crippen LogP) is 4.92. The van der Waals surface area contributed by atoms with Crippen LogP contribution in [0.2, 0.25) is 0 Å². The molecule has 8 nitrogen and oxygen atoms in total. The second-order valence-electron chi connectivity index (χ2n) is 7.34. The first-order valence-corrected chi connectivity index (χ1v) is 11.4. The Bertz CT molecular complexity index is 1370. The number of rotatable bonds is 6. The van der Waals surface area contributed by atoms with Crippen molar-refractivity contribution >= 4 is 68.3 Å². The fourth-order valence-corrected chi connectivity index (χ4v) is 3.81. The fourth-order valence-electron chi connectivity index (χ4n) is 3.33. The molecule has 1 aliphatic rings.